The quantitative estimate of drug-likeness (QED) is 0.759. The number of rotatable bonds is 3. The topological polar surface area (TPSA) is 54.0 Å². The van der Waals surface area contributed by atoms with Gasteiger partial charge in [-0.1, -0.05) is 6.58 Å². The van der Waals surface area contributed by atoms with Crippen molar-refractivity contribution in [2.75, 3.05) is 0 Å². The van der Waals surface area contributed by atoms with E-state index in [2.05, 4.69) is 22.2 Å². The summed E-state index contributed by atoms with van der Waals surface area (Å²) < 4.78 is 0. The van der Waals surface area contributed by atoms with Gasteiger partial charge >= 0.3 is 6.03 Å². The van der Waals surface area contributed by atoms with Gasteiger partial charge in [0.1, 0.15) is 0 Å². The molecule has 0 unspecified atom stereocenters. The van der Waals surface area contributed by atoms with Gasteiger partial charge in [0, 0.05) is 24.6 Å². The third-order valence-corrected chi connectivity index (χ3v) is 1.53. The Morgan fingerprint density at radius 3 is 2.71 bits per heavy atom. The summed E-state index contributed by atoms with van der Waals surface area (Å²) in [6.07, 6.45) is 3.38. The lowest BCUT2D eigenvalue weighted by Crippen LogP contribution is -2.33. The fourth-order valence-electron chi connectivity index (χ4n) is 0.921. The van der Waals surface area contributed by atoms with Crippen molar-refractivity contribution in [1.29, 1.82) is 0 Å². The largest absolute Gasteiger partial charge is 0.334 e. The molecule has 1 rings (SSSR count). The molecule has 2 N–H and O–H groups in total. The van der Waals surface area contributed by atoms with Gasteiger partial charge in [-0.25, -0.2) is 4.79 Å². The van der Waals surface area contributed by atoms with E-state index in [0.717, 1.165) is 5.56 Å². The highest BCUT2D eigenvalue weighted by Gasteiger charge is 1.98. The summed E-state index contributed by atoms with van der Waals surface area (Å²) in [4.78, 5) is 15.0. The Morgan fingerprint density at radius 1 is 1.50 bits per heavy atom. The molecule has 4 nitrogen and oxygen atoms in total. The minimum atomic E-state index is -0.241. The molecule has 0 aliphatic carbocycles. The Kier molecular flexibility index (Phi) is 3.67. The summed E-state index contributed by atoms with van der Waals surface area (Å²) in [6, 6.07) is 3.46. The first-order valence-electron chi connectivity index (χ1n) is 4.28. The molecule has 0 aliphatic heterocycles. The molecule has 1 aromatic heterocycles. The fourth-order valence-corrected chi connectivity index (χ4v) is 0.921. The van der Waals surface area contributed by atoms with Gasteiger partial charge in [0.2, 0.25) is 0 Å². The van der Waals surface area contributed by atoms with Crippen LogP contribution in [0.1, 0.15) is 12.5 Å². The van der Waals surface area contributed by atoms with Crippen LogP contribution in [-0.2, 0) is 6.54 Å². The predicted octanol–water partition coefficient (Wildman–Crippen LogP) is 1.41. The number of hydrogen-bond acceptors (Lipinski definition) is 2. The number of allylic oxidation sites excluding steroid dienone is 1. The van der Waals surface area contributed by atoms with Crippen LogP contribution in [0.15, 0.2) is 36.8 Å². The van der Waals surface area contributed by atoms with Crippen molar-refractivity contribution in [1.82, 2.24) is 15.6 Å². The van der Waals surface area contributed by atoms with Crippen LogP contribution in [0.25, 0.3) is 0 Å². The third kappa shape index (κ3) is 3.71. The zero-order valence-electron chi connectivity index (χ0n) is 8.08. The van der Waals surface area contributed by atoms with Crippen LogP contribution in [-0.4, -0.2) is 11.0 Å². The molecule has 2 amide bonds. The number of nitrogens with zero attached hydrogens (tertiary/aromatic N) is 1. The zero-order chi connectivity index (χ0) is 10.4. The van der Waals surface area contributed by atoms with Crippen molar-refractivity contribution >= 4 is 6.03 Å². The molecular formula is C10H13N3O. The highest BCUT2D eigenvalue weighted by molar-refractivity contribution is 5.75. The lowest BCUT2D eigenvalue weighted by molar-refractivity contribution is 0.243. The van der Waals surface area contributed by atoms with E-state index < -0.39 is 0 Å². The van der Waals surface area contributed by atoms with Gasteiger partial charge < -0.3 is 10.6 Å². The molecule has 0 saturated carbocycles. The van der Waals surface area contributed by atoms with Crippen LogP contribution in [0.3, 0.4) is 0 Å². The molecule has 0 aromatic carbocycles. The molecule has 1 heterocycles. The maximum absolute atomic E-state index is 11.1. The van der Waals surface area contributed by atoms with Gasteiger partial charge in [-0.05, 0) is 24.6 Å². The summed E-state index contributed by atoms with van der Waals surface area (Å²) in [7, 11) is 0. The Morgan fingerprint density at radius 2 is 2.14 bits per heavy atom. The normalized spacial score (nSPS) is 9.21. The Balaban J connectivity index is 2.34. The van der Waals surface area contributed by atoms with Gasteiger partial charge in [-0.3, -0.25) is 4.98 Å². The zero-order valence-corrected chi connectivity index (χ0v) is 8.08. The Labute approximate surface area is 83.0 Å². The Hall–Kier alpha value is -1.84. The van der Waals surface area contributed by atoms with E-state index in [-0.39, 0.29) is 6.03 Å². The number of amides is 2. The molecule has 0 saturated heterocycles. The molecule has 0 aliphatic rings. The predicted molar refractivity (Wildman–Crippen MR) is 54.4 cm³/mol. The first-order chi connectivity index (χ1) is 6.68. The molecular weight excluding hydrogens is 178 g/mol. The second kappa shape index (κ2) is 5.01. The van der Waals surface area contributed by atoms with Crippen molar-refractivity contribution < 1.29 is 4.79 Å². The summed E-state index contributed by atoms with van der Waals surface area (Å²) in [5.41, 5.74) is 1.63. The second-order valence-electron chi connectivity index (χ2n) is 2.94. The van der Waals surface area contributed by atoms with E-state index in [1.54, 1.807) is 19.3 Å². The molecule has 0 spiro atoms. The number of pyridine rings is 1. The number of nitrogens with one attached hydrogen (secondary N) is 2. The smallest absolute Gasteiger partial charge is 0.319 e. The number of urea groups is 1. The molecule has 4 heteroatoms. The summed E-state index contributed by atoms with van der Waals surface area (Å²) in [5, 5.41) is 5.24. The van der Waals surface area contributed by atoms with E-state index in [1.165, 1.54) is 0 Å². The SMILES string of the molecule is C=C(C)NC(=O)NCc1ccncc1. The van der Waals surface area contributed by atoms with Crippen molar-refractivity contribution in [3.63, 3.8) is 0 Å². The van der Waals surface area contributed by atoms with Crippen molar-refractivity contribution in [3.8, 4) is 0 Å². The molecule has 1 aromatic rings. The summed E-state index contributed by atoms with van der Waals surface area (Å²) in [5.74, 6) is 0. The van der Waals surface area contributed by atoms with Crippen LogP contribution < -0.4 is 10.6 Å². The lowest BCUT2D eigenvalue weighted by Gasteiger charge is -2.06. The standard InChI is InChI=1S/C10H13N3O/c1-8(2)13-10(14)12-7-9-3-5-11-6-4-9/h3-6H,1,7H2,2H3,(H2,12,13,14). The van der Waals surface area contributed by atoms with E-state index in [1.807, 2.05) is 12.1 Å². The van der Waals surface area contributed by atoms with Crippen LogP contribution >= 0.6 is 0 Å². The maximum atomic E-state index is 11.1. The van der Waals surface area contributed by atoms with Crippen molar-refractivity contribution in [2.45, 2.75) is 13.5 Å². The van der Waals surface area contributed by atoms with Gasteiger partial charge in [-0.2, -0.15) is 0 Å². The third-order valence-electron chi connectivity index (χ3n) is 1.53. The number of aromatic nitrogens is 1. The number of carbonyl (C=O) groups is 1. The number of hydrogen-bond donors (Lipinski definition) is 2. The first kappa shape index (κ1) is 10.2. The second-order valence-corrected chi connectivity index (χ2v) is 2.94. The van der Waals surface area contributed by atoms with E-state index in [9.17, 15) is 4.79 Å². The molecule has 0 fully saturated rings. The molecule has 0 atom stereocenters. The molecule has 0 radical (unpaired) electrons. The minimum absolute atomic E-state index is 0.241. The van der Waals surface area contributed by atoms with Crippen LogP contribution in [0.2, 0.25) is 0 Å². The maximum Gasteiger partial charge on any atom is 0.319 e. The monoisotopic (exact) mass is 191 g/mol. The highest BCUT2D eigenvalue weighted by Crippen LogP contribution is 1.94. The fraction of sp³-hybridized carbons (Fsp3) is 0.200. The van der Waals surface area contributed by atoms with E-state index in [0.29, 0.717) is 12.2 Å². The van der Waals surface area contributed by atoms with Gasteiger partial charge in [-0.15, -0.1) is 0 Å². The summed E-state index contributed by atoms with van der Waals surface area (Å²) in [6.45, 7) is 5.78. The van der Waals surface area contributed by atoms with Crippen LogP contribution in [0.5, 0.6) is 0 Å². The summed E-state index contributed by atoms with van der Waals surface area (Å²) >= 11 is 0. The Bertz CT molecular complexity index is 321. The average molecular weight is 191 g/mol. The highest BCUT2D eigenvalue weighted by atomic mass is 16.2. The van der Waals surface area contributed by atoms with Crippen molar-refractivity contribution in [2.24, 2.45) is 0 Å². The number of carbonyl (C=O) groups excluding carboxylic acids is 1. The minimum Gasteiger partial charge on any atom is -0.334 e. The average Bonchev–Trinajstić information content (AvgIpc) is 2.15. The van der Waals surface area contributed by atoms with Gasteiger partial charge in [0.05, 0.1) is 0 Å². The van der Waals surface area contributed by atoms with Gasteiger partial charge in [0.25, 0.3) is 0 Å². The molecule has 14 heavy (non-hydrogen) atoms. The van der Waals surface area contributed by atoms with Crippen molar-refractivity contribution in [3.05, 3.63) is 42.4 Å². The first-order valence-corrected chi connectivity index (χ1v) is 4.28. The molecule has 74 valence electrons. The molecule has 0 bridgehead atoms. The van der Waals surface area contributed by atoms with Crippen LogP contribution in [0, 0.1) is 0 Å². The van der Waals surface area contributed by atoms with Gasteiger partial charge in [0.15, 0.2) is 0 Å². The van der Waals surface area contributed by atoms with E-state index in [4.69, 9.17) is 0 Å². The van der Waals surface area contributed by atoms with Crippen LogP contribution in [0.4, 0.5) is 4.79 Å². The lowest BCUT2D eigenvalue weighted by atomic mass is 10.3. The van der Waals surface area contributed by atoms with E-state index >= 15 is 0 Å².